The Morgan fingerprint density at radius 3 is 3.04 bits per heavy atom. The molecule has 2 aromatic heterocycles. The highest BCUT2D eigenvalue weighted by molar-refractivity contribution is 7.15. The van der Waals surface area contributed by atoms with E-state index in [1.807, 2.05) is 18.9 Å². The lowest BCUT2D eigenvalue weighted by molar-refractivity contribution is -0.127. The molecule has 0 saturated carbocycles. The third-order valence-corrected chi connectivity index (χ3v) is 6.27. The lowest BCUT2D eigenvalue weighted by Crippen LogP contribution is -2.48. The number of aromatic nitrogens is 2. The molecule has 4 rings (SSSR count). The van der Waals surface area contributed by atoms with Gasteiger partial charge >= 0.3 is 0 Å². The third kappa shape index (κ3) is 3.22. The molecule has 0 radical (unpaired) electrons. The van der Waals surface area contributed by atoms with Gasteiger partial charge in [-0.2, -0.15) is 0 Å². The van der Waals surface area contributed by atoms with E-state index in [1.54, 1.807) is 17.3 Å². The van der Waals surface area contributed by atoms with Gasteiger partial charge in [0, 0.05) is 49.7 Å². The fourth-order valence-electron chi connectivity index (χ4n) is 3.80. The number of aryl methyl sites for hydroxylation is 1. The lowest BCUT2D eigenvalue weighted by Gasteiger charge is -2.38. The number of hydrogen-bond acceptors (Lipinski definition) is 6. The number of aliphatic imine (C=N–C) groups is 1. The Hall–Kier alpha value is -2.61. The highest BCUT2D eigenvalue weighted by Crippen LogP contribution is 2.36. The molecule has 0 N–H and O–H groups in total. The maximum absolute atomic E-state index is 15.3. The number of nitrogens with zero attached hydrogens (tertiary/aromatic N) is 5. The predicted molar refractivity (Wildman–Crippen MR) is 110 cm³/mol. The number of rotatable bonds is 4. The number of anilines is 1. The fraction of sp³-hybridized carbons (Fsp3) is 0.400. The Morgan fingerprint density at radius 2 is 2.32 bits per heavy atom. The molecule has 1 unspecified atom stereocenters. The van der Waals surface area contributed by atoms with Gasteiger partial charge in [0.25, 0.3) is 0 Å². The van der Waals surface area contributed by atoms with E-state index < -0.39 is 0 Å². The Morgan fingerprint density at radius 1 is 1.50 bits per heavy atom. The zero-order chi connectivity index (χ0) is 19.8. The molecule has 0 aromatic carbocycles. The maximum atomic E-state index is 15.3. The van der Waals surface area contributed by atoms with Crippen LogP contribution in [0.15, 0.2) is 23.8 Å². The highest BCUT2D eigenvalue weighted by Gasteiger charge is 2.30. The number of likely N-dealkylation sites (tertiary alicyclic amines) is 1. The van der Waals surface area contributed by atoms with E-state index in [1.165, 1.54) is 17.4 Å². The summed E-state index contributed by atoms with van der Waals surface area (Å²) < 4.78 is 15.3. The number of amides is 1. The number of halogens is 1. The summed E-state index contributed by atoms with van der Waals surface area (Å²) in [5.41, 5.74) is 2.04. The van der Waals surface area contributed by atoms with E-state index in [9.17, 15) is 4.79 Å². The van der Waals surface area contributed by atoms with E-state index in [2.05, 4.69) is 16.6 Å². The minimum atomic E-state index is -0.327. The van der Waals surface area contributed by atoms with Crippen LogP contribution in [-0.4, -0.2) is 53.2 Å². The summed E-state index contributed by atoms with van der Waals surface area (Å²) in [5.74, 6) is -0.106. The smallest absolute Gasteiger partial charge is 0.246 e. The van der Waals surface area contributed by atoms with Crippen LogP contribution in [0.5, 0.6) is 0 Å². The number of piperidine rings is 1. The molecule has 1 fully saturated rings. The normalized spacial score (nSPS) is 18.2. The van der Waals surface area contributed by atoms with Crippen LogP contribution in [0.3, 0.4) is 0 Å². The van der Waals surface area contributed by atoms with Crippen LogP contribution in [0.4, 0.5) is 10.2 Å². The van der Waals surface area contributed by atoms with Crippen molar-refractivity contribution in [1.82, 2.24) is 14.9 Å². The zero-order valence-corrected chi connectivity index (χ0v) is 16.8. The Labute approximate surface area is 167 Å². The number of hydrogen-bond donors (Lipinski definition) is 0. The molecule has 2 aromatic rings. The van der Waals surface area contributed by atoms with Crippen LogP contribution in [-0.2, 0) is 11.3 Å². The second kappa shape index (κ2) is 7.43. The van der Waals surface area contributed by atoms with Crippen molar-refractivity contribution in [3.63, 3.8) is 0 Å². The molecule has 28 heavy (non-hydrogen) atoms. The Balaban J connectivity index is 1.71. The Kier molecular flexibility index (Phi) is 4.97. The minimum absolute atomic E-state index is 0.00364. The molecule has 0 aliphatic carbocycles. The number of carbonyl (C=O) groups is 1. The molecule has 146 valence electrons. The van der Waals surface area contributed by atoms with E-state index in [-0.39, 0.29) is 17.8 Å². The SMILES string of the molecule is C=CC(=O)N1CCCC(N(C)c2nc(-c3cnc(C)s3)c3c(c2F)CN=C3)C1. The van der Waals surface area contributed by atoms with Crippen molar-refractivity contribution in [2.24, 2.45) is 4.99 Å². The summed E-state index contributed by atoms with van der Waals surface area (Å²) in [4.78, 5) is 29.8. The van der Waals surface area contributed by atoms with Gasteiger partial charge in [0.05, 0.1) is 22.1 Å². The fourth-order valence-corrected chi connectivity index (χ4v) is 4.58. The summed E-state index contributed by atoms with van der Waals surface area (Å²) >= 11 is 1.54. The van der Waals surface area contributed by atoms with Gasteiger partial charge in [-0.05, 0) is 25.8 Å². The van der Waals surface area contributed by atoms with Crippen molar-refractivity contribution in [1.29, 1.82) is 0 Å². The average molecular weight is 399 g/mol. The number of fused-ring (bicyclic) bond motifs is 1. The van der Waals surface area contributed by atoms with Gasteiger partial charge < -0.3 is 9.80 Å². The molecule has 1 amide bonds. The summed E-state index contributed by atoms with van der Waals surface area (Å²) in [6.07, 6.45) is 6.55. The number of carbonyl (C=O) groups excluding carboxylic acids is 1. The number of thiazole rings is 1. The molecule has 1 saturated heterocycles. The predicted octanol–water partition coefficient (Wildman–Crippen LogP) is 3.20. The lowest BCUT2D eigenvalue weighted by atomic mass is 10.0. The second-order valence-electron chi connectivity index (χ2n) is 7.10. The van der Waals surface area contributed by atoms with Crippen molar-refractivity contribution < 1.29 is 9.18 Å². The van der Waals surface area contributed by atoms with Gasteiger partial charge in [-0.3, -0.25) is 9.79 Å². The highest BCUT2D eigenvalue weighted by atomic mass is 32.1. The summed E-state index contributed by atoms with van der Waals surface area (Å²) in [6.45, 7) is 7.06. The number of likely N-dealkylation sites (N-methyl/N-ethyl adjacent to an activating group) is 1. The summed E-state index contributed by atoms with van der Waals surface area (Å²) in [5, 5.41) is 0.936. The van der Waals surface area contributed by atoms with Gasteiger partial charge in [0.15, 0.2) is 11.6 Å². The van der Waals surface area contributed by atoms with Crippen LogP contribution >= 0.6 is 11.3 Å². The van der Waals surface area contributed by atoms with Crippen molar-refractivity contribution in [3.05, 3.63) is 40.8 Å². The largest absolute Gasteiger partial charge is 0.352 e. The third-order valence-electron chi connectivity index (χ3n) is 5.35. The standard InChI is InChI=1S/C20H22FN5OS/c1-4-17(27)26-7-5-6-13(11-26)25(3)20-18(21)14-8-22-9-15(14)19(24-20)16-10-23-12(2)28-16/h4,9-10,13H,1,5-8,11H2,2-3H3. The topological polar surface area (TPSA) is 61.7 Å². The Bertz CT molecular complexity index is 970. The van der Waals surface area contributed by atoms with Crippen LogP contribution in [0.25, 0.3) is 10.6 Å². The van der Waals surface area contributed by atoms with Crippen LogP contribution in [0, 0.1) is 12.7 Å². The van der Waals surface area contributed by atoms with E-state index >= 15 is 4.39 Å². The second-order valence-corrected chi connectivity index (χ2v) is 8.33. The van der Waals surface area contributed by atoms with Crippen LogP contribution in [0.2, 0.25) is 0 Å². The molecule has 0 spiro atoms. The van der Waals surface area contributed by atoms with Crippen LogP contribution in [0.1, 0.15) is 29.0 Å². The molecule has 6 nitrogen and oxygen atoms in total. The molecular formula is C20H22FN5OS. The molecule has 1 atom stereocenters. The summed E-state index contributed by atoms with van der Waals surface area (Å²) in [6, 6.07) is -0.00364. The van der Waals surface area contributed by atoms with E-state index in [0.29, 0.717) is 31.0 Å². The first-order chi connectivity index (χ1) is 13.5. The van der Waals surface area contributed by atoms with Crippen molar-refractivity contribution in [2.45, 2.75) is 32.4 Å². The molecule has 2 aliphatic rings. The summed E-state index contributed by atoms with van der Waals surface area (Å²) in [7, 11) is 1.85. The van der Waals surface area contributed by atoms with Gasteiger partial charge in [-0.15, -0.1) is 11.3 Å². The van der Waals surface area contributed by atoms with Crippen LogP contribution < -0.4 is 4.90 Å². The first kappa shape index (κ1) is 18.7. The molecule has 2 aliphatic heterocycles. The van der Waals surface area contributed by atoms with Crippen molar-refractivity contribution in [2.75, 3.05) is 25.0 Å². The van der Waals surface area contributed by atoms with Crippen molar-refractivity contribution >= 4 is 29.3 Å². The maximum Gasteiger partial charge on any atom is 0.246 e. The van der Waals surface area contributed by atoms with Gasteiger partial charge in [0.1, 0.15) is 0 Å². The molecule has 4 heterocycles. The van der Waals surface area contributed by atoms with Crippen molar-refractivity contribution in [3.8, 4) is 10.6 Å². The average Bonchev–Trinajstić information content (AvgIpc) is 3.37. The number of pyridine rings is 1. The molecule has 8 heteroatoms. The zero-order valence-electron chi connectivity index (χ0n) is 16.0. The minimum Gasteiger partial charge on any atom is -0.352 e. The molecule has 0 bridgehead atoms. The quantitative estimate of drug-likeness (QED) is 0.741. The van der Waals surface area contributed by atoms with Gasteiger partial charge in [0.2, 0.25) is 5.91 Å². The van der Waals surface area contributed by atoms with Gasteiger partial charge in [-0.1, -0.05) is 6.58 Å². The molecular weight excluding hydrogens is 377 g/mol. The first-order valence-electron chi connectivity index (χ1n) is 9.28. The van der Waals surface area contributed by atoms with E-state index in [4.69, 9.17) is 4.98 Å². The van der Waals surface area contributed by atoms with Gasteiger partial charge in [-0.25, -0.2) is 14.4 Å². The first-order valence-corrected chi connectivity index (χ1v) is 10.1. The monoisotopic (exact) mass is 399 g/mol. The van der Waals surface area contributed by atoms with E-state index in [0.717, 1.165) is 34.0 Å².